The van der Waals surface area contributed by atoms with E-state index >= 15 is 0 Å². The first-order valence-corrected chi connectivity index (χ1v) is 8.95. The second-order valence-electron chi connectivity index (χ2n) is 6.59. The molecule has 2 aromatic carbocycles. The number of hydrogen-bond acceptors (Lipinski definition) is 3. The van der Waals surface area contributed by atoms with E-state index in [9.17, 15) is 9.59 Å². The van der Waals surface area contributed by atoms with Gasteiger partial charge in [0.05, 0.1) is 10.6 Å². The van der Waals surface area contributed by atoms with Gasteiger partial charge in [-0.15, -0.1) is 12.4 Å². The second-order valence-corrected chi connectivity index (χ2v) is 7.00. The molecule has 0 atom stereocenters. The first kappa shape index (κ1) is 22.8. The van der Waals surface area contributed by atoms with Gasteiger partial charge in [0.25, 0.3) is 5.91 Å². The van der Waals surface area contributed by atoms with Crippen LogP contribution < -0.4 is 16.4 Å². The lowest BCUT2D eigenvalue weighted by atomic mass is 10.1. The lowest BCUT2D eigenvalue weighted by molar-refractivity contribution is -0.116. The molecule has 0 saturated heterocycles. The zero-order chi connectivity index (χ0) is 19.1. The van der Waals surface area contributed by atoms with Gasteiger partial charge in [-0.1, -0.05) is 37.6 Å². The predicted molar refractivity (Wildman–Crippen MR) is 114 cm³/mol. The second kappa shape index (κ2) is 10.8. The van der Waals surface area contributed by atoms with Gasteiger partial charge in [-0.2, -0.15) is 0 Å². The minimum Gasteiger partial charge on any atom is -0.399 e. The summed E-state index contributed by atoms with van der Waals surface area (Å²) in [5, 5.41) is 5.99. The van der Waals surface area contributed by atoms with Crippen molar-refractivity contribution in [2.24, 2.45) is 5.92 Å². The Balaban J connectivity index is 0.00000364. The van der Waals surface area contributed by atoms with E-state index in [1.54, 1.807) is 18.2 Å². The molecule has 27 heavy (non-hydrogen) atoms. The third kappa shape index (κ3) is 7.49. The van der Waals surface area contributed by atoms with Gasteiger partial charge in [0.15, 0.2) is 0 Å². The van der Waals surface area contributed by atoms with E-state index in [-0.39, 0.29) is 30.1 Å². The van der Waals surface area contributed by atoms with E-state index < -0.39 is 0 Å². The SMILES string of the molecule is CC(C)CC(=O)Nc1ccc(Cl)c(C(=O)NCCc2ccc(N)cc2)c1.Cl. The number of hydrogen-bond donors (Lipinski definition) is 3. The summed E-state index contributed by atoms with van der Waals surface area (Å²) in [5.74, 6) is -0.0964. The van der Waals surface area contributed by atoms with Gasteiger partial charge in [0.1, 0.15) is 0 Å². The van der Waals surface area contributed by atoms with Crippen molar-refractivity contribution in [3.63, 3.8) is 0 Å². The summed E-state index contributed by atoms with van der Waals surface area (Å²) < 4.78 is 0. The molecule has 2 rings (SSSR count). The fourth-order valence-corrected chi connectivity index (χ4v) is 2.66. The zero-order valence-electron chi connectivity index (χ0n) is 15.4. The number of carbonyl (C=O) groups is 2. The first-order chi connectivity index (χ1) is 12.3. The van der Waals surface area contributed by atoms with Crippen molar-refractivity contribution in [3.05, 3.63) is 58.6 Å². The minimum atomic E-state index is -0.273. The van der Waals surface area contributed by atoms with Crippen molar-refractivity contribution < 1.29 is 9.59 Å². The molecular formula is C20H25Cl2N3O2. The Labute approximate surface area is 171 Å². The average Bonchev–Trinajstić information content (AvgIpc) is 2.57. The van der Waals surface area contributed by atoms with Gasteiger partial charge in [0.2, 0.25) is 5.91 Å². The molecule has 0 bridgehead atoms. The maximum absolute atomic E-state index is 12.4. The van der Waals surface area contributed by atoms with E-state index in [0.717, 1.165) is 5.56 Å². The van der Waals surface area contributed by atoms with Gasteiger partial charge in [-0.05, 0) is 48.2 Å². The highest BCUT2D eigenvalue weighted by atomic mass is 35.5. The summed E-state index contributed by atoms with van der Waals surface area (Å²) in [4.78, 5) is 24.3. The van der Waals surface area contributed by atoms with Crippen molar-refractivity contribution >= 4 is 47.2 Å². The molecule has 0 fully saturated rings. The molecule has 4 N–H and O–H groups in total. The predicted octanol–water partition coefficient (Wildman–Crippen LogP) is 4.30. The molecule has 146 valence electrons. The maximum Gasteiger partial charge on any atom is 0.252 e. The van der Waals surface area contributed by atoms with Crippen LogP contribution >= 0.6 is 24.0 Å². The summed E-state index contributed by atoms with van der Waals surface area (Å²) in [6.07, 6.45) is 1.11. The van der Waals surface area contributed by atoms with Crippen LogP contribution in [-0.2, 0) is 11.2 Å². The average molecular weight is 410 g/mol. The first-order valence-electron chi connectivity index (χ1n) is 8.57. The molecule has 0 unspecified atom stereocenters. The molecule has 0 radical (unpaired) electrons. The summed E-state index contributed by atoms with van der Waals surface area (Å²) in [7, 11) is 0. The molecule has 0 heterocycles. The van der Waals surface area contributed by atoms with E-state index in [1.165, 1.54) is 0 Å². The topological polar surface area (TPSA) is 84.2 Å². The number of rotatable bonds is 7. The van der Waals surface area contributed by atoms with Gasteiger partial charge < -0.3 is 16.4 Å². The van der Waals surface area contributed by atoms with Crippen molar-refractivity contribution in [2.75, 3.05) is 17.6 Å². The zero-order valence-corrected chi connectivity index (χ0v) is 17.0. The molecule has 5 nitrogen and oxygen atoms in total. The number of nitrogens with one attached hydrogen (secondary N) is 2. The quantitative estimate of drug-likeness (QED) is 0.595. The monoisotopic (exact) mass is 409 g/mol. The molecule has 2 aromatic rings. The fourth-order valence-electron chi connectivity index (χ4n) is 2.46. The number of nitrogens with two attached hydrogens (primary N) is 1. The van der Waals surface area contributed by atoms with Crippen molar-refractivity contribution in [1.29, 1.82) is 0 Å². The van der Waals surface area contributed by atoms with E-state index in [2.05, 4.69) is 10.6 Å². The van der Waals surface area contributed by atoms with Crippen molar-refractivity contribution in [1.82, 2.24) is 5.32 Å². The molecule has 0 aromatic heterocycles. The van der Waals surface area contributed by atoms with Crippen LogP contribution in [-0.4, -0.2) is 18.4 Å². The smallest absolute Gasteiger partial charge is 0.252 e. The van der Waals surface area contributed by atoms with Gasteiger partial charge in [0, 0.05) is 24.3 Å². The lowest BCUT2D eigenvalue weighted by Gasteiger charge is -2.11. The summed E-state index contributed by atoms with van der Waals surface area (Å²) in [6.45, 7) is 4.42. The van der Waals surface area contributed by atoms with E-state index in [0.29, 0.717) is 41.3 Å². The summed E-state index contributed by atoms with van der Waals surface area (Å²) in [5.41, 5.74) is 8.35. The number of anilines is 2. The normalized spacial score (nSPS) is 10.2. The Morgan fingerprint density at radius 1 is 1.11 bits per heavy atom. The molecule has 0 aliphatic rings. The van der Waals surface area contributed by atoms with Gasteiger partial charge in [-0.25, -0.2) is 0 Å². The number of carbonyl (C=O) groups excluding carboxylic acids is 2. The fraction of sp³-hybridized carbons (Fsp3) is 0.300. The Bertz CT molecular complexity index is 777. The van der Waals surface area contributed by atoms with Crippen LogP contribution in [0, 0.1) is 5.92 Å². The number of halogens is 2. The lowest BCUT2D eigenvalue weighted by Crippen LogP contribution is -2.26. The molecule has 0 saturated carbocycles. The number of amides is 2. The van der Waals surface area contributed by atoms with Crippen LogP contribution in [0.5, 0.6) is 0 Å². The molecular weight excluding hydrogens is 385 g/mol. The summed E-state index contributed by atoms with van der Waals surface area (Å²) >= 11 is 6.14. The van der Waals surface area contributed by atoms with Crippen molar-refractivity contribution in [3.8, 4) is 0 Å². The molecule has 7 heteroatoms. The Hall–Kier alpha value is -2.24. The minimum absolute atomic E-state index is 0. The van der Waals surface area contributed by atoms with E-state index in [1.807, 2.05) is 38.1 Å². The number of benzene rings is 2. The van der Waals surface area contributed by atoms with Gasteiger partial charge in [-0.3, -0.25) is 9.59 Å². The van der Waals surface area contributed by atoms with Crippen LogP contribution in [0.2, 0.25) is 5.02 Å². The maximum atomic E-state index is 12.4. The molecule has 0 aliphatic heterocycles. The van der Waals surface area contributed by atoms with Crippen LogP contribution in [0.4, 0.5) is 11.4 Å². The Kier molecular flexibility index (Phi) is 9.12. The van der Waals surface area contributed by atoms with Crippen LogP contribution in [0.15, 0.2) is 42.5 Å². The highest BCUT2D eigenvalue weighted by Gasteiger charge is 2.12. The Morgan fingerprint density at radius 2 is 1.78 bits per heavy atom. The van der Waals surface area contributed by atoms with E-state index in [4.69, 9.17) is 17.3 Å². The molecule has 0 aliphatic carbocycles. The molecule has 2 amide bonds. The standard InChI is InChI=1S/C20H24ClN3O2.ClH/c1-13(2)11-19(25)24-16-7-8-18(21)17(12-16)20(26)23-10-9-14-3-5-15(22)6-4-14;/h3-8,12-13H,9-11,22H2,1-2H3,(H,23,26)(H,24,25);1H. The summed E-state index contributed by atoms with van der Waals surface area (Å²) in [6, 6.07) is 12.4. The largest absolute Gasteiger partial charge is 0.399 e. The third-order valence-electron chi connectivity index (χ3n) is 3.77. The Morgan fingerprint density at radius 3 is 2.41 bits per heavy atom. The molecule has 0 spiro atoms. The van der Waals surface area contributed by atoms with Crippen LogP contribution in [0.3, 0.4) is 0 Å². The highest BCUT2D eigenvalue weighted by molar-refractivity contribution is 6.34. The number of nitrogen functional groups attached to an aromatic ring is 1. The van der Waals surface area contributed by atoms with Crippen LogP contribution in [0.1, 0.15) is 36.2 Å². The third-order valence-corrected chi connectivity index (χ3v) is 4.10. The van der Waals surface area contributed by atoms with Crippen molar-refractivity contribution in [2.45, 2.75) is 26.7 Å². The van der Waals surface area contributed by atoms with Crippen LogP contribution in [0.25, 0.3) is 0 Å². The highest BCUT2D eigenvalue weighted by Crippen LogP contribution is 2.21. The van der Waals surface area contributed by atoms with Gasteiger partial charge >= 0.3 is 0 Å².